The fraction of sp³-hybridized carbons (Fsp3) is 0.211. The lowest BCUT2D eigenvalue weighted by molar-refractivity contribution is 0.100. The summed E-state index contributed by atoms with van der Waals surface area (Å²) >= 11 is 0. The maximum absolute atomic E-state index is 14.3. The molecule has 2 aromatic carbocycles. The SMILES string of the molecule is CNC[C@@H](Nc1nc(C)nc2c(C(N)=O)cccc12)c1c(F)cccc1F. The molecule has 1 amide bonds. The van der Waals surface area contributed by atoms with Gasteiger partial charge in [0.05, 0.1) is 17.1 Å². The minimum Gasteiger partial charge on any atom is -0.366 e. The van der Waals surface area contributed by atoms with E-state index in [9.17, 15) is 13.6 Å². The van der Waals surface area contributed by atoms with Crippen LogP contribution in [0.15, 0.2) is 36.4 Å². The molecule has 140 valence electrons. The van der Waals surface area contributed by atoms with Crippen molar-refractivity contribution >= 4 is 22.6 Å². The van der Waals surface area contributed by atoms with Crippen molar-refractivity contribution in [2.24, 2.45) is 5.73 Å². The zero-order valence-corrected chi connectivity index (χ0v) is 14.9. The number of likely N-dealkylation sites (N-methyl/N-ethyl adjacent to an activating group) is 1. The van der Waals surface area contributed by atoms with Crippen LogP contribution in [-0.4, -0.2) is 29.5 Å². The molecule has 0 aliphatic carbocycles. The number of hydrogen-bond donors (Lipinski definition) is 3. The first-order valence-electron chi connectivity index (χ1n) is 8.34. The van der Waals surface area contributed by atoms with Gasteiger partial charge in [-0.3, -0.25) is 4.79 Å². The number of rotatable bonds is 6. The van der Waals surface area contributed by atoms with Gasteiger partial charge in [0, 0.05) is 17.5 Å². The van der Waals surface area contributed by atoms with Crippen LogP contribution in [0.2, 0.25) is 0 Å². The van der Waals surface area contributed by atoms with Crippen LogP contribution in [0, 0.1) is 18.6 Å². The molecule has 6 nitrogen and oxygen atoms in total. The van der Waals surface area contributed by atoms with E-state index in [0.717, 1.165) is 0 Å². The molecular formula is C19H19F2N5O. The molecule has 0 saturated carbocycles. The molecule has 1 atom stereocenters. The van der Waals surface area contributed by atoms with E-state index < -0.39 is 23.6 Å². The second-order valence-electron chi connectivity index (χ2n) is 6.08. The molecule has 0 fully saturated rings. The lowest BCUT2D eigenvalue weighted by Crippen LogP contribution is -2.26. The van der Waals surface area contributed by atoms with Crippen LogP contribution in [0.5, 0.6) is 0 Å². The second kappa shape index (κ2) is 7.63. The highest BCUT2D eigenvalue weighted by atomic mass is 19.1. The molecule has 1 heterocycles. The average Bonchev–Trinajstić information content (AvgIpc) is 2.61. The molecular weight excluding hydrogens is 352 g/mol. The predicted molar refractivity (Wildman–Crippen MR) is 99.4 cm³/mol. The first-order valence-corrected chi connectivity index (χ1v) is 8.34. The fourth-order valence-corrected chi connectivity index (χ4v) is 3.01. The fourth-order valence-electron chi connectivity index (χ4n) is 3.01. The molecule has 0 unspecified atom stereocenters. The molecule has 27 heavy (non-hydrogen) atoms. The number of hydrogen-bond acceptors (Lipinski definition) is 5. The Morgan fingerprint density at radius 2 is 1.81 bits per heavy atom. The van der Waals surface area contributed by atoms with E-state index in [1.54, 1.807) is 32.2 Å². The molecule has 3 rings (SSSR count). The zero-order valence-electron chi connectivity index (χ0n) is 14.9. The summed E-state index contributed by atoms with van der Waals surface area (Å²) in [6, 6.07) is 7.94. The number of fused-ring (bicyclic) bond motifs is 1. The first-order chi connectivity index (χ1) is 12.9. The molecule has 0 aliphatic heterocycles. The van der Waals surface area contributed by atoms with Crippen molar-refractivity contribution in [2.45, 2.75) is 13.0 Å². The van der Waals surface area contributed by atoms with Gasteiger partial charge in [0.15, 0.2) is 0 Å². The highest BCUT2D eigenvalue weighted by molar-refractivity contribution is 6.07. The number of para-hydroxylation sites is 1. The number of anilines is 1. The lowest BCUT2D eigenvalue weighted by Gasteiger charge is -2.22. The molecule has 0 saturated heterocycles. The van der Waals surface area contributed by atoms with Crippen molar-refractivity contribution in [3.63, 3.8) is 0 Å². The number of aryl methyl sites for hydroxylation is 1. The summed E-state index contributed by atoms with van der Waals surface area (Å²) in [7, 11) is 1.68. The Kier molecular flexibility index (Phi) is 5.27. The van der Waals surface area contributed by atoms with Gasteiger partial charge in [-0.1, -0.05) is 12.1 Å². The summed E-state index contributed by atoms with van der Waals surface area (Å²) in [6.45, 7) is 1.91. The molecule has 0 aliphatic rings. The molecule has 4 N–H and O–H groups in total. The number of primary amides is 1. The van der Waals surface area contributed by atoms with Crippen molar-refractivity contribution in [3.05, 3.63) is 65.0 Å². The normalized spacial score (nSPS) is 12.1. The van der Waals surface area contributed by atoms with E-state index in [-0.39, 0.29) is 17.7 Å². The highest BCUT2D eigenvalue weighted by Crippen LogP contribution is 2.28. The smallest absolute Gasteiger partial charge is 0.250 e. The van der Waals surface area contributed by atoms with Gasteiger partial charge in [-0.2, -0.15) is 0 Å². The summed E-state index contributed by atoms with van der Waals surface area (Å²) in [4.78, 5) is 20.4. The van der Waals surface area contributed by atoms with Crippen LogP contribution in [0.4, 0.5) is 14.6 Å². The van der Waals surface area contributed by atoms with Gasteiger partial charge < -0.3 is 16.4 Å². The number of nitrogens with two attached hydrogens (primary N) is 1. The van der Waals surface area contributed by atoms with Crippen molar-refractivity contribution in [2.75, 3.05) is 18.9 Å². The minimum absolute atomic E-state index is 0.0951. The number of halogens is 2. The molecule has 0 bridgehead atoms. The second-order valence-corrected chi connectivity index (χ2v) is 6.08. The monoisotopic (exact) mass is 371 g/mol. The Morgan fingerprint density at radius 1 is 1.15 bits per heavy atom. The Bertz CT molecular complexity index is 989. The van der Waals surface area contributed by atoms with Crippen LogP contribution >= 0.6 is 0 Å². The van der Waals surface area contributed by atoms with E-state index in [0.29, 0.717) is 22.5 Å². The quantitative estimate of drug-likeness (QED) is 0.620. The number of nitrogens with zero attached hydrogens (tertiary/aromatic N) is 2. The summed E-state index contributed by atoms with van der Waals surface area (Å²) in [6.07, 6.45) is 0. The number of nitrogens with one attached hydrogen (secondary N) is 2. The van der Waals surface area contributed by atoms with Gasteiger partial charge >= 0.3 is 0 Å². The zero-order chi connectivity index (χ0) is 19.6. The summed E-state index contributed by atoms with van der Waals surface area (Å²) in [5.74, 6) is -1.16. The minimum atomic E-state index is -0.731. The van der Waals surface area contributed by atoms with Crippen molar-refractivity contribution in [3.8, 4) is 0 Å². The summed E-state index contributed by atoms with van der Waals surface area (Å²) in [5.41, 5.74) is 5.98. The topological polar surface area (TPSA) is 92.9 Å². The van der Waals surface area contributed by atoms with Crippen LogP contribution in [0.3, 0.4) is 0 Å². The third-order valence-electron chi connectivity index (χ3n) is 4.17. The maximum atomic E-state index is 14.3. The highest BCUT2D eigenvalue weighted by Gasteiger charge is 2.22. The molecule has 8 heteroatoms. The van der Waals surface area contributed by atoms with Gasteiger partial charge in [-0.15, -0.1) is 0 Å². The van der Waals surface area contributed by atoms with Gasteiger partial charge in [0.1, 0.15) is 23.3 Å². The Balaban J connectivity index is 2.14. The van der Waals surface area contributed by atoms with Crippen LogP contribution in [0.25, 0.3) is 10.9 Å². The van der Waals surface area contributed by atoms with Crippen LogP contribution in [0.1, 0.15) is 27.8 Å². The van der Waals surface area contributed by atoms with Crippen molar-refractivity contribution in [1.82, 2.24) is 15.3 Å². The largest absolute Gasteiger partial charge is 0.366 e. The van der Waals surface area contributed by atoms with Crippen LogP contribution in [-0.2, 0) is 0 Å². The van der Waals surface area contributed by atoms with E-state index in [1.807, 2.05) is 0 Å². The summed E-state index contributed by atoms with van der Waals surface area (Å²) in [5, 5.41) is 6.54. The Labute approximate surface area is 154 Å². The van der Waals surface area contributed by atoms with Crippen molar-refractivity contribution < 1.29 is 13.6 Å². The third kappa shape index (κ3) is 3.70. The first kappa shape index (κ1) is 18.7. The van der Waals surface area contributed by atoms with E-state index in [2.05, 4.69) is 20.6 Å². The van der Waals surface area contributed by atoms with Gasteiger partial charge in [-0.05, 0) is 38.2 Å². The Morgan fingerprint density at radius 3 is 2.44 bits per heavy atom. The molecule has 0 spiro atoms. The Hall–Kier alpha value is -3.13. The summed E-state index contributed by atoms with van der Waals surface area (Å²) < 4.78 is 28.6. The van der Waals surface area contributed by atoms with Crippen molar-refractivity contribution in [1.29, 1.82) is 0 Å². The van der Waals surface area contributed by atoms with Gasteiger partial charge in [-0.25, -0.2) is 18.7 Å². The number of carbonyl (C=O) groups is 1. The lowest BCUT2D eigenvalue weighted by atomic mass is 10.0. The average molecular weight is 371 g/mol. The third-order valence-corrected chi connectivity index (χ3v) is 4.17. The number of aromatic nitrogens is 2. The van der Waals surface area contributed by atoms with E-state index >= 15 is 0 Å². The molecule has 0 radical (unpaired) electrons. The van der Waals surface area contributed by atoms with Crippen LogP contribution < -0.4 is 16.4 Å². The number of carbonyl (C=O) groups excluding carboxylic acids is 1. The van der Waals surface area contributed by atoms with E-state index in [1.165, 1.54) is 18.2 Å². The van der Waals surface area contributed by atoms with Gasteiger partial charge in [0.25, 0.3) is 5.91 Å². The maximum Gasteiger partial charge on any atom is 0.250 e. The predicted octanol–water partition coefficient (Wildman–Crippen LogP) is 2.69. The van der Waals surface area contributed by atoms with E-state index in [4.69, 9.17) is 5.73 Å². The molecule has 1 aromatic heterocycles. The molecule has 3 aromatic rings. The van der Waals surface area contributed by atoms with Gasteiger partial charge in [0.2, 0.25) is 0 Å². The standard InChI is InChI=1S/C19H19F2N5O/c1-10-24-17-11(18(22)27)5-3-6-12(17)19(25-10)26-15(9-23-2)16-13(20)7-4-8-14(16)21/h3-8,15,23H,9H2,1-2H3,(H2,22,27)(H,24,25,26)/t15-/m1/s1. The number of amides is 1. The number of benzene rings is 2.